The van der Waals surface area contributed by atoms with Crippen LogP contribution in [0.25, 0.3) is 0 Å². The van der Waals surface area contributed by atoms with Crippen LogP contribution in [-0.2, 0) is 9.47 Å². The van der Waals surface area contributed by atoms with E-state index < -0.39 is 0 Å². The minimum atomic E-state index is 0.182. The lowest BCUT2D eigenvalue weighted by atomic mass is 9.71. The first-order chi connectivity index (χ1) is 8.46. The maximum atomic E-state index is 6.25. The zero-order valence-electron chi connectivity index (χ0n) is 12.8. The maximum absolute atomic E-state index is 6.25. The number of methoxy groups -OCH3 is 1. The van der Waals surface area contributed by atoms with E-state index in [1.165, 1.54) is 19.3 Å². The topological polar surface area (TPSA) is 30.5 Å². The van der Waals surface area contributed by atoms with Crippen molar-refractivity contribution in [2.75, 3.05) is 26.8 Å². The molecular formula is C15H31NO2. The first kappa shape index (κ1) is 15.9. The van der Waals surface area contributed by atoms with Gasteiger partial charge in [0.05, 0.1) is 18.8 Å². The summed E-state index contributed by atoms with van der Waals surface area (Å²) >= 11 is 0. The van der Waals surface area contributed by atoms with Gasteiger partial charge in [0.2, 0.25) is 0 Å². The molecule has 0 heterocycles. The van der Waals surface area contributed by atoms with E-state index >= 15 is 0 Å². The molecule has 0 amide bonds. The monoisotopic (exact) mass is 257 g/mol. The normalized spacial score (nSPS) is 29.2. The smallest absolute Gasteiger partial charge is 0.0936 e. The quantitative estimate of drug-likeness (QED) is 0.761. The molecular weight excluding hydrogens is 226 g/mol. The van der Waals surface area contributed by atoms with Gasteiger partial charge >= 0.3 is 0 Å². The summed E-state index contributed by atoms with van der Waals surface area (Å²) in [5.74, 6) is 0.765. The summed E-state index contributed by atoms with van der Waals surface area (Å²) in [7, 11) is 1.75. The molecule has 1 rings (SSSR count). The average molecular weight is 257 g/mol. The standard InChI is InChI=1S/C15H31NO2/c1-6-16-10-14(11-17-5)18-13-7-12(2)8-15(3,4)9-13/h12-14,16H,6-11H2,1-5H3. The Morgan fingerprint density at radius 1 is 1.33 bits per heavy atom. The number of hydrogen-bond acceptors (Lipinski definition) is 3. The Labute approximate surface area is 113 Å². The van der Waals surface area contributed by atoms with Crippen LogP contribution >= 0.6 is 0 Å². The third-order valence-electron chi connectivity index (χ3n) is 3.71. The van der Waals surface area contributed by atoms with Crippen molar-refractivity contribution in [1.29, 1.82) is 0 Å². The summed E-state index contributed by atoms with van der Waals surface area (Å²) in [5, 5.41) is 3.35. The SMILES string of the molecule is CCNCC(COC)OC1CC(C)CC(C)(C)C1. The number of rotatable bonds is 7. The highest BCUT2D eigenvalue weighted by Gasteiger charge is 2.33. The van der Waals surface area contributed by atoms with Crippen LogP contribution in [0.4, 0.5) is 0 Å². The molecule has 1 saturated carbocycles. The molecule has 0 aromatic heterocycles. The van der Waals surface area contributed by atoms with Crippen LogP contribution in [0.2, 0.25) is 0 Å². The van der Waals surface area contributed by atoms with Gasteiger partial charge in [-0.25, -0.2) is 0 Å². The molecule has 0 radical (unpaired) electrons. The summed E-state index contributed by atoms with van der Waals surface area (Å²) in [4.78, 5) is 0. The molecule has 3 heteroatoms. The van der Waals surface area contributed by atoms with Crippen LogP contribution in [0.5, 0.6) is 0 Å². The van der Waals surface area contributed by atoms with Gasteiger partial charge in [0.15, 0.2) is 0 Å². The lowest BCUT2D eigenvalue weighted by Crippen LogP contribution is -2.40. The first-order valence-electron chi connectivity index (χ1n) is 7.32. The Morgan fingerprint density at radius 3 is 2.61 bits per heavy atom. The maximum Gasteiger partial charge on any atom is 0.0936 e. The molecule has 1 aliphatic rings. The highest BCUT2D eigenvalue weighted by atomic mass is 16.5. The number of likely N-dealkylation sites (N-methyl/N-ethyl adjacent to an activating group) is 1. The van der Waals surface area contributed by atoms with E-state index in [0.29, 0.717) is 18.1 Å². The predicted octanol–water partition coefficient (Wildman–Crippen LogP) is 2.84. The summed E-state index contributed by atoms with van der Waals surface area (Å²) in [6.07, 6.45) is 4.25. The van der Waals surface area contributed by atoms with Gasteiger partial charge in [-0.05, 0) is 37.1 Å². The molecule has 1 fully saturated rings. The van der Waals surface area contributed by atoms with Crippen molar-refractivity contribution in [3.05, 3.63) is 0 Å². The van der Waals surface area contributed by atoms with Crippen molar-refractivity contribution in [3.63, 3.8) is 0 Å². The molecule has 0 saturated heterocycles. The summed E-state index contributed by atoms with van der Waals surface area (Å²) in [6, 6.07) is 0. The van der Waals surface area contributed by atoms with Crippen molar-refractivity contribution in [3.8, 4) is 0 Å². The highest BCUT2D eigenvalue weighted by molar-refractivity contribution is 4.84. The summed E-state index contributed by atoms with van der Waals surface area (Å²) in [5.41, 5.74) is 0.415. The van der Waals surface area contributed by atoms with Gasteiger partial charge < -0.3 is 14.8 Å². The van der Waals surface area contributed by atoms with Crippen LogP contribution in [0.3, 0.4) is 0 Å². The molecule has 0 aromatic carbocycles. The molecule has 0 spiro atoms. The minimum Gasteiger partial charge on any atom is -0.382 e. The molecule has 0 bridgehead atoms. The Kier molecular flexibility index (Phi) is 6.61. The van der Waals surface area contributed by atoms with E-state index in [-0.39, 0.29) is 6.10 Å². The Balaban J connectivity index is 2.46. The molecule has 18 heavy (non-hydrogen) atoms. The largest absolute Gasteiger partial charge is 0.382 e. The van der Waals surface area contributed by atoms with Crippen LogP contribution < -0.4 is 5.32 Å². The van der Waals surface area contributed by atoms with E-state index in [9.17, 15) is 0 Å². The van der Waals surface area contributed by atoms with Gasteiger partial charge in [0.25, 0.3) is 0 Å². The van der Waals surface area contributed by atoms with Crippen molar-refractivity contribution < 1.29 is 9.47 Å². The second kappa shape index (κ2) is 7.46. The fraction of sp³-hybridized carbons (Fsp3) is 1.00. The molecule has 108 valence electrons. The lowest BCUT2D eigenvalue weighted by Gasteiger charge is -2.40. The fourth-order valence-electron chi connectivity index (χ4n) is 3.27. The Morgan fingerprint density at radius 2 is 2.06 bits per heavy atom. The Bertz CT molecular complexity index is 231. The van der Waals surface area contributed by atoms with Gasteiger partial charge in [0.1, 0.15) is 0 Å². The third kappa shape index (κ3) is 5.68. The van der Waals surface area contributed by atoms with E-state index in [0.717, 1.165) is 19.0 Å². The third-order valence-corrected chi connectivity index (χ3v) is 3.71. The fourth-order valence-corrected chi connectivity index (χ4v) is 3.27. The number of ether oxygens (including phenoxy) is 2. The molecule has 1 aliphatic carbocycles. The first-order valence-corrected chi connectivity index (χ1v) is 7.32. The molecule has 1 N–H and O–H groups in total. The van der Waals surface area contributed by atoms with Gasteiger partial charge in [0, 0.05) is 13.7 Å². The van der Waals surface area contributed by atoms with Crippen LogP contribution in [-0.4, -0.2) is 39.0 Å². The second-order valence-electron chi connectivity index (χ2n) is 6.56. The van der Waals surface area contributed by atoms with Gasteiger partial charge in [-0.2, -0.15) is 0 Å². The zero-order chi connectivity index (χ0) is 13.6. The van der Waals surface area contributed by atoms with E-state index in [4.69, 9.17) is 9.47 Å². The Hall–Kier alpha value is -0.120. The summed E-state index contributed by atoms with van der Waals surface area (Å²) < 4.78 is 11.5. The highest BCUT2D eigenvalue weighted by Crippen LogP contribution is 2.39. The van der Waals surface area contributed by atoms with Crippen molar-refractivity contribution in [1.82, 2.24) is 5.32 Å². The minimum absolute atomic E-state index is 0.182. The molecule has 0 aromatic rings. The van der Waals surface area contributed by atoms with Gasteiger partial charge in [-0.1, -0.05) is 27.7 Å². The molecule has 3 nitrogen and oxygen atoms in total. The number of hydrogen-bond donors (Lipinski definition) is 1. The van der Waals surface area contributed by atoms with E-state index in [1.54, 1.807) is 7.11 Å². The second-order valence-corrected chi connectivity index (χ2v) is 6.56. The van der Waals surface area contributed by atoms with Crippen molar-refractivity contribution >= 4 is 0 Å². The zero-order valence-corrected chi connectivity index (χ0v) is 12.8. The van der Waals surface area contributed by atoms with Gasteiger partial charge in [-0.15, -0.1) is 0 Å². The van der Waals surface area contributed by atoms with Crippen molar-refractivity contribution in [2.45, 2.75) is 59.2 Å². The predicted molar refractivity (Wildman–Crippen MR) is 75.9 cm³/mol. The lowest BCUT2D eigenvalue weighted by molar-refractivity contribution is -0.0855. The van der Waals surface area contributed by atoms with Crippen LogP contribution in [0.1, 0.15) is 47.0 Å². The average Bonchev–Trinajstić information content (AvgIpc) is 2.23. The molecule has 0 aliphatic heterocycles. The van der Waals surface area contributed by atoms with Gasteiger partial charge in [-0.3, -0.25) is 0 Å². The van der Waals surface area contributed by atoms with E-state index in [2.05, 4.69) is 33.0 Å². The van der Waals surface area contributed by atoms with E-state index in [1.807, 2.05) is 0 Å². The van der Waals surface area contributed by atoms with Crippen LogP contribution in [0.15, 0.2) is 0 Å². The number of nitrogens with one attached hydrogen (secondary N) is 1. The molecule has 3 atom stereocenters. The summed E-state index contributed by atoms with van der Waals surface area (Å²) in [6.45, 7) is 11.7. The molecule has 3 unspecified atom stereocenters. The van der Waals surface area contributed by atoms with Crippen molar-refractivity contribution in [2.24, 2.45) is 11.3 Å². The van der Waals surface area contributed by atoms with Crippen LogP contribution in [0, 0.1) is 11.3 Å².